The van der Waals surface area contributed by atoms with Gasteiger partial charge in [0.05, 0.1) is 0 Å². The summed E-state index contributed by atoms with van der Waals surface area (Å²) in [5.41, 5.74) is 5.19. The third kappa shape index (κ3) is 0.636. The highest BCUT2D eigenvalue weighted by Gasteiger charge is 1.96. The molecule has 6 heavy (non-hydrogen) atoms. The Morgan fingerprint density at radius 3 is 3.00 bits per heavy atom. The molecule has 0 atom stereocenters. The van der Waals surface area contributed by atoms with Gasteiger partial charge in [-0.2, -0.15) is 0 Å². The molecule has 0 amide bonds. The zero-order chi connectivity index (χ0) is 4.41. The van der Waals surface area contributed by atoms with E-state index in [1.807, 2.05) is 0 Å². The van der Waals surface area contributed by atoms with Crippen LogP contribution in [0.2, 0.25) is 0 Å². The van der Waals surface area contributed by atoms with Crippen LogP contribution in [-0.2, 0) is 0 Å². The minimum atomic E-state index is 0.634. The second-order valence-electron chi connectivity index (χ2n) is 0.901. The van der Waals surface area contributed by atoms with Crippen molar-refractivity contribution in [3.05, 3.63) is 0 Å². The molecule has 0 aromatic carbocycles. The van der Waals surface area contributed by atoms with Gasteiger partial charge in [-0.3, -0.25) is 0 Å². The zero-order valence-electron chi connectivity index (χ0n) is 3.14. The van der Waals surface area contributed by atoms with Gasteiger partial charge in [-0.1, -0.05) is 0 Å². The van der Waals surface area contributed by atoms with Crippen LogP contribution in [0.15, 0.2) is 4.99 Å². The van der Waals surface area contributed by atoms with E-state index in [-0.39, 0.29) is 0 Å². The van der Waals surface area contributed by atoms with Gasteiger partial charge in [0.2, 0.25) is 0 Å². The summed E-state index contributed by atoms with van der Waals surface area (Å²) in [4.78, 5) is 3.78. The number of rotatable bonds is 0. The maximum atomic E-state index is 5.19. The van der Waals surface area contributed by atoms with Crippen LogP contribution in [0.3, 0.4) is 0 Å². The van der Waals surface area contributed by atoms with Crippen molar-refractivity contribution in [3.8, 4) is 0 Å². The first-order chi connectivity index (χ1) is 2.89. The van der Waals surface area contributed by atoms with Crippen LogP contribution in [0.5, 0.6) is 0 Å². The molecule has 3 nitrogen and oxygen atoms in total. The summed E-state index contributed by atoms with van der Waals surface area (Å²) in [7, 11) is 0. The molecule has 0 fully saturated rings. The minimum Gasteiger partial charge on any atom is -0.377 e. The van der Waals surface area contributed by atoms with Gasteiger partial charge >= 0.3 is 0 Å². The van der Waals surface area contributed by atoms with Crippen molar-refractivity contribution in [1.29, 1.82) is 0 Å². The Balaban J connectivity index is 2.45. The van der Waals surface area contributed by atoms with Gasteiger partial charge < -0.3 is 5.73 Å². The van der Waals surface area contributed by atoms with Gasteiger partial charge in [0, 0.05) is 0 Å². The molecule has 0 radical (unpaired) electrons. The van der Waals surface area contributed by atoms with E-state index in [1.54, 1.807) is 0 Å². The van der Waals surface area contributed by atoms with E-state index >= 15 is 0 Å². The fourth-order valence-electron chi connectivity index (χ4n) is 0.249. The van der Waals surface area contributed by atoms with E-state index in [0.29, 0.717) is 11.8 Å². The quantitative estimate of drug-likeness (QED) is 0.407. The Morgan fingerprint density at radius 1 is 2.00 bits per heavy atom. The first kappa shape index (κ1) is 3.95. The number of nitrogens with one attached hydrogen (secondary N) is 1. The molecular weight excluding hydrogens is 98.1 g/mol. The third-order valence-electron chi connectivity index (χ3n) is 0.476. The molecule has 1 aliphatic rings. The van der Waals surface area contributed by atoms with Crippen LogP contribution in [0.1, 0.15) is 0 Å². The highest BCUT2D eigenvalue weighted by atomic mass is 32.2. The molecule has 0 bridgehead atoms. The SMILES string of the molecule is NC1=NCNS1. The lowest BCUT2D eigenvalue weighted by Gasteiger charge is -1.79. The number of amidine groups is 1. The highest BCUT2D eigenvalue weighted by molar-refractivity contribution is 8.12. The van der Waals surface area contributed by atoms with Crippen molar-refractivity contribution >= 4 is 17.1 Å². The van der Waals surface area contributed by atoms with E-state index in [0.717, 1.165) is 0 Å². The summed E-state index contributed by atoms with van der Waals surface area (Å²) in [6.07, 6.45) is 0. The molecule has 0 unspecified atom stereocenters. The second kappa shape index (κ2) is 1.49. The number of nitrogens with zero attached hydrogens (tertiary/aromatic N) is 1. The molecule has 34 valence electrons. The van der Waals surface area contributed by atoms with Gasteiger partial charge in [0.1, 0.15) is 6.67 Å². The predicted molar refractivity (Wildman–Crippen MR) is 27.2 cm³/mol. The molecule has 4 heteroatoms. The van der Waals surface area contributed by atoms with Crippen LogP contribution in [0.25, 0.3) is 0 Å². The Morgan fingerprint density at radius 2 is 2.83 bits per heavy atom. The van der Waals surface area contributed by atoms with Gasteiger partial charge in [0.15, 0.2) is 5.17 Å². The van der Waals surface area contributed by atoms with Crippen molar-refractivity contribution in [2.24, 2.45) is 10.7 Å². The lowest BCUT2D eigenvalue weighted by Crippen LogP contribution is -2.03. The molecule has 3 N–H and O–H groups in total. The Labute approximate surface area is 40.1 Å². The first-order valence-electron chi connectivity index (χ1n) is 1.59. The highest BCUT2D eigenvalue weighted by Crippen LogP contribution is 1.97. The molecule has 0 aromatic heterocycles. The van der Waals surface area contributed by atoms with Crippen molar-refractivity contribution in [2.45, 2.75) is 0 Å². The number of aliphatic imine (C=N–C) groups is 1. The summed E-state index contributed by atoms with van der Waals surface area (Å²) >= 11 is 1.37. The fourth-order valence-corrected chi connectivity index (χ4v) is 0.655. The van der Waals surface area contributed by atoms with Crippen molar-refractivity contribution in [2.75, 3.05) is 6.67 Å². The maximum Gasteiger partial charge on any atom is 0.170 e. The van der Waals surface area contributed by atoms with Gasteiger partial charge in [-0.05, 0) is 11.9 Å². The van der Waals surface area contributed by atoms with E-state index in [9.17, 15) is 0 Å². The molecule has 1 rings (SSSR count). The minimum absolute atomic E-state index is 0.634. The Kier molecular flexibility index (Phi) is 0.979. The average Bonchev–Trinajstić information content (AvgIpc) is 1.86. The molecule has 0 aliphatic carbocycles. The first-order valence-corrected chi connectivity index (χ1v) is 2.41. The normalized spacial score (nSPS) is 21.0. The van der Waals surface area contributed by atoms with E-state index in [2.05, 4.69) is 9.71 Å². The molecular formula is C2H5N3S. The molecule has 1 aliphatic heterocycles. The predicted octanol–water partition coefficient (Wildman–Crippen LogP) is -0.490. The fraction of sp³-hybridized carbons (Fsp3) is 0.500. The number of hydrogen-bond donors (Lipinski definition) is 2. The number of hydrogen-bond acceptors (Lipinski definition) is 4. The monoisotopic (exact) mass is 103 g/mol. The summed E-state index contributed by atoms with van der Waals surface area (Å²) < 4.78 is 2.86. The van der Waals surface area contributed by atoms with Crippen LogP contribution < -0.4 is 10.5 Å². The summed E-state index contributed by atoms with van der Waals surface area (Å²) in [6, 6.07) is 0. The Bertz CT molecular complexity index is 78.9. The Hall–Kier alpha value is -0.220. The third-order valence-corrected chi connectivity index (χ3v) is 1.09. The van der Waals surface area contributed by atoms with Crippen LogP contribution in [0, 0.1) is 0 Å². The van der Waals surface area contributed by atoms with E-state index < -0.39 is 0 Å². The standard InChI is InChI=1S/C2H5N3S/c3-2-4-1-5-6-2/h5H,1H2,(H2,3,4). The average molecular weight is 103 g/mol. The molecule has 0 saturated heterocycles. The van der Waals surface area contributed by atoms with Gasteiger partial charge in [0.25, 0.3) is 0 Å². The maximum absolute atomic E-state index is 5.19. The van der Waals surface area contributed by atoms with Crippen LogP contribution in [0.4, 0.5) is 0 Å². The summed E-state index contributed by atoms with van der Waals surface area (Å²) in [6.45, 7) is 0.663. The van der Waals surface area contributed by atoms with Gasteiger partial charge in [-0.15, -0.1) is 0 Å². The lowest BCUT2D eigenvalue weighted by atomic mass is 11.1. The lowest BCUT2D eigenvalue weighted by molar-refractivity contribution is 1.01. The zero-order valence-corrected chi connectivity index (χ0v) is 3.96. The summed E-state index contributed by atoms with van der Waals surface area (Å²) in [5, 5.41) is 0.634. The van der Waals surface area contributed by atoms with E-state index in [4.69, 9.17) is 5.73 Å². The topological polar surface area (TPSA) is 50.4 Å². The molecule has 0 spiro atoms. The van der Waals surface area contributed by atoms with Crippen molar-refractivity contribution < 1.29 is 0 Å². The van der Waals surface area contributed by atoms with Crippen molar-refractivity contribution in [3.63, 3.8) is 0 Å². The van der Waals surface area contributed by atoms with E-state index in [1.165, 1.54) is 11.9 Å². The van der Waals surface area contributed by atoms with Crippen LogP contribution in [-0.4, -0.2) is 11.8 Å². The van der Waals surface area contributed by atoms with Crippen LogP contribution >= 0.6 is 11.9 Å². The van der Waals surface area contributed by atoms with Crippen molar-refractivity contribution in [1.82, 2.24) is 4.72 Å². The largest absolute Gasteiger partial charge is 0.377 e. The number of nitrogens with two attached hydrogens (primary N) is 1. The smallest absolute Gasteiger partial charge is 0.170 e. The molecule has 0 saturated carbocycles. The second-order valence-corrected chi connectivity index (χ2v) is 1.81. The molecule has 0 aromatic rings. The van der Waals surface area contributed by atoms with Gasteiger partial charge in [-0.25, -0.2) is 9.71 Å². The molecule has 1 heterocycles. The summed E-state index contributed by atoms with van der Waals surface area (Å²) in [5.74, 6) is 0.